The molecule has 0 bridgehead atoms. The molecule has 199 valence electrons. The minimum atomic E-state index is -0.00844. The molecule has 0 fully saturated rings. The number of para-hydroxylation sites is 2. The third-order valence-corrected chi connectivity index (χ3v) is 5.23. The number of aliphatic imine (C=N–C) groups is 2. The minimum Gasteiger partial charge on any atom is -0.872 e. The van der Waals surface area contributed by atoms with E-state index in [1.54, 1.807) is 61.0 Å². The second-order valence-electron chi connectivity index (χ2n) is 7.98. The normalized spacial score (nSPS) is 10.3. The molecule has 0 amide bonds. The van der Waals surface area contributed by atoms with Gasteiger partial charge in [-0.1, -0.05) is 72.8 Å². The van der Waals surface area contributed by atoms with E-state index >= 15 is 0 Å². The predicted molar refractivity (Wildman–Crippen MR) is 144 cm³/mol. The zero-order valence-corrected chi connectivity index (χ0v) is 21.7. The maximum atomic E-state index is 11.4. The molecule has 0 aliphatic carbocycles. The van der Waals surface area contributed by atoms with Crippen LogP contribution >= 0.6 is 0 Å². The van der Waals surface area contributed by atoms with E-state index in [9.17, 15) is 10.2 Å². The van der Waals surface area contributed by atoms with E-state index in [4.69, 9.17) is 10.2 Å². The Morgan fingerprint density at radius 3 is 1.24 bits per heavy atom. The van der Waals surface area contributed by atoms with E-state index in [0.717, 1.165) is 24.0 Å². The van der Waals surface area contributed by atoms with Crippen molar-refractivity contribution in [2.45, 2.75) is 12.8 Å². The summed E-state index contributed by atoms with van der Waals surface area (Å²) >= 11 is 0. The summed E-state index contributed by atoms with van der Waals surface area (Å²) in [6.07, 6.45) is 4.81. The molecule has 0 spiro atoms. The van der Waals surface area contributed by atoms with Crippen molar-refractivity contribution in [3.63, 3.8) is 0 Å². The molecule has 0 saturated heterocycles. The quantitative estimate of drug-likeness (QED) is 0.320. The van der Waals surface area contributed by atoms with Crippen molar-refractivity contribution in [3.8, 4) is 23.0 Å². The molecular formula is C30H30CoN2O5. The van der Waals surface area contributed by atoms with Crippen LogP contribution in [0.5, 0.6) is 23.0 Å². The van der Waals surface area contributed by atoms with Gasteiger partial charge < -0.3 is 25.9 Å². The number of rotatable bonds is 8. The van der Waals surface area contributed by atoms with Gasteiger partial charge in [0.1, 0.15) is 11.5 Å². The van der Waals surface area contributed by atoms with Crippen molar-refractivity contribution in [2.24, 2.45) is 9.98 Å². The largest absolute Gasteiger partial charge is 2.00 e. The van der Waals surface area contributed by atoms with Gasteiger partial charge in [0.25, 0.3) is 0 Å². The molecule has 0 heterocycles. The summed E-state index contributed by atoms with van der Waals surface area (Å²) in [7, 11) is 0. The van der Waals surface area contributed by atoms with E-state index in [1.165, 1.54) is 12.1 Å². The number of benzene rings is 4. The van der Waals surface area contributed by atoms with Crippen LogP contribution in [0.1, 0.15) is 22.3 Å². The molecule has 0 aliphatic rings. The molecule has 7 nitrogen and oxygen atoms in total. The standard InChI is InChI=1S/2C15H15NO2.Co.H2O/c2*17-14-7-5-12(6-8-14)9-10-16-11-13-3-1-2-4-15(13)18;;/h2*1-8,11,17-18H,9-10H2;;1H2/q;;+2;/p-2. The van der Waals surface area contributed by atoms with E-state index in [0.29, 0.717) is 24.2 Å². The van der Waals surface area contributed by atoms with Crippen molar-refractivity contribution in [2.75, 3.05) is 13.1 Å². The smallest absolute Gasteiger partial charge is 0.872 e. The van der Waals surface area contributed by atoms with Crippen molar-refractivity contribution in [3.05, 3.63) is 119 Å². The van der Waals surface area contributed by atoms with Gasteiger partial charge >= 0.3 is 16.8 Å². The van der Waals surface area contributed by atoms with Crippen LogP contribution in [-0.4, -0.2) is 41.2 Å². The summed E-state index contributed by atoms with van der Waals surface area (Å²) in [5.41, 5.74) is 3.45. The van der Waals surface area contributed by atoms with E-state index in [-0.39, 0.29) is 45.3 Å². The van der Waals surface area contributed by atoms with Gasteiger partial charge in [-0.2, -0.15) is 0 Å². The zero-order chi connectivity index (χ0) is 25.6. The van der Waals surface area contributed by atoms with Crippen LogP contribution in [-0.2, 0) is 29.6 Å². The van der Waals surface area contributed by atoms with Gasteiger partial charge in [0.2, 0.25) is 0 Å². The topological polar surface area (TPSA) is 143 Å². The molecule has 0 saturated carbocycles. The first-order valence-corrected chi connectivity index (χ1v) is 11.6. The predicted octanol–water partition coefficient (Wildman–Crippen LogP) is 3.43. The number of hydrogen-bond acceptors (Lipinski definition) is 6. The Bertz CT molecular complexity index is 1180. The average molecular weight is 558 g/mol. The molecule has 0 unspecified atom stereocenters. The summed E-state index contributed by atoms with van der Waals surface area (Å²) in [6, 6.07) is 27.8. The SMILES string of the molecule is O.[Co+2].[O-]c1ccccc1C=NCCc1ccc(O)cc1.[O-]c1ccccc1C=NCCc1ccc(O)cc1. The fourth-order valence-electron chi connectivity index (χ4n) is 3.21. The van der Waals surface area contributed by atoms with E-state index < -0.39 is 0 Å². The fourth-order valence-corrected chi connectivity index (χ4v) is 3.21. The van der Waals surface area contributed by atoms with Crippen molar-refractivity contribution in [1.82, 2.24) is 0 Å². The molecule has 0 aliphatic heterocycles. The summed E-state index contributed by atoms with van der Waals surface area (Å²) in [5, 5.41) is 41.1. The van der Waals surface area contributed by atoms with Gasteiger partial charge in [-0.05, 0) is 59.4 Å². The van der Waals surface area contributed by atoms with Crippen LogP contribution in [0.3, 0.4) is 0 Å². The van der Waals surface area contributed by atoms with Gasteiger partial charge in [0.05, 0.1) is 0 Å². The molecule has 0 aromatic heterocycles. The van der Waals surface area contributed by atoms with Crippen LogP contribution < -0.4 is 10.2 Å². The maximum absolute atomic E-state index is 11.4. The Labute approximate surface area is 233 Å². The second kappa shape index (κ2) is 17.4. The number of hydrogen-bond donors (Lipinski definition) is 2. The van der Waals surface area contributed by atoms with Gasteiger partial charge in [-0.25, -0.2) is 0 Å². The summed E-state index contributed by atoms with van der Waals surface area (Å²) < 4.78 is 0. The average Bonchev–Trinajstić information content (AvgIpc) is 2.89. The fraction of sp³-hybridized carbons (Fsp3) is 0.133. The minimum absolute atomic E-state index is 0. The van der Waals surface area contributed by atoms with Gasteiger partial charge in [-0.3, -0.25) is 9.98 Å². The first-order valence-electron chi connectivity index (χ1n) is 11.6. The third kappa shape index (κ3) is 11.3. The van der Waals surface area contributed by atoms with Crippen LogP contribution in [0.2, 0.25) is 0 Å². The van der Waals surface area contributed by atoms with Crippen molar-refractivity contribution < 1.29 is 42.7 Å². The Hall–Kier alpha value is -4.11. The Morgan fingerprint density at radius 1 is 0.553 bits per heavy atom. The van der Waals surface area contributed by atoms with Crippen molar-refractivity contribution in [1.29, 1.82) is 0 Å². The van der Waals surface area contributed by atoms with Gasteiger partial charge in [0.15, 0.2) is 0 Å². The first-order chi connectivity index (χ1) is 17.5. The number of phenols is 2. The van der Waals surface area contributed by atoms with Crippen LogP contribution in [0.4, 0.5) is 0 Å². The molecule has 4 aromatic rings. The summed E-state index contributed by atoms with van der Waals surface area (Å²) in [4.78, 5) is 8.47. The van der Waals surface area contributed by atoms with E-state index in [1.807, 2.05) is 36.4 Å². The maximum Gasteiger partial charge on any atom is 2.00 e. The van der Waals surface area contributed by atoms with Gasteiger partial charge in [-0.15, -0.1) is 11.5 Å². The second-order valence-corrected chi connectivity index (χ2v) is 7.98. The van der Waals surface area contributed by atoms with Crippen LogP contribution in [0.25, 0.3) is 0 Å². The molecule has 4 rings (SSSR count). The molecule has 8 heteroatoms. The number of phenolic OH excluding ortho intramolecular Hbond substituents is 2. The first kappa shape index (κ1) is 31.9. The summed E-state index contributed by atoms with van der Waals surface area (Å²) in [5.74, 6) is 0.516. The zero-order valence-electron chi connectivity index (χ0n) is 20.7. The Kier molecular flexibility index (Phi) is 14.6. The van der Waals surface area contributed by atoms with Crippen molar-refractivity contribution >= 4 is 12.4 Å². The van der Waals surface area contributed by atoms with E-state index in [2.05, 4.69) is 9.98 Å². The van der Waals surface area contributed by atoms with Gasteiger partial charge in [0, 0.05) is 25.5 Å². The number of nitrogens with zero attached hydrogens (tertiary/aromatic N) is 2. The van der Waals surface area contributed by atoms with Crippen LogP contribution in [0.15, 0.2) is 107 Å². The Morgan fingerprint density at radius 2 is 0.895 bits per heavy atom. The molecule has 38 heavy (non-hydrogen) atoms. The molecule has 1 radical (unpaired) electrons. The molecular weight excluding hydrogens is 527 g/mol. The van der Waals surface area contributed by atoms with Crippen LogP contribution in [0, 0.1) is 0 Å². The molecule has 0 atom stereocenters. The third-order valence-electron chi connectivity index (χ3n) is 5.23. The molecule has 4 N–H and O–H groups in total. The summed E-state index contributed by atoms with van der Waals surface area (Å²) in [6.45, 7) is 1.25. The number of aromatic hydroxyl groups is 2. The monoisotopic (exact) mass is 557 g/mol. The Balaban J connectivity index is 0.000000361. The molecule has 4 aromatic carbocycles.